The summed E-state index contributed by atoms with van der Waals surface area (Å²) in [6.07, 6.45) is 0. The molecule has 1 saturated heterocycles. The fourth-order valence-corrected chi connectivity index (χ4v) is 2.78. The Morgan fingerprint density at radius 3 is 2.87 bits per heavy atom. The van der Waals surface area contributed by atoms with Gasteiger partial charge in [0.25, 0.3) is 0 Å². The van der Waals surface area contributed by atoms with E-state index in [0.29, 0.717) is 10.5 Å². The van der Waals surface area contributed by atoms with Crippen molar-refractivity contribution >= 4 is 22.9 Å². The molecule has 1 atom stereocenters. The molecular weight excluding hydrogens is 232 g/mol. The summed E-state index contributed by atoms with van der Waals surface area (Å²) in [6.45, 7) is 6.45. The van der Waals surface area contributed by atoms with Gasteiger partial charge < -0.3 is 4.90 Å². The lowest BCUT2D eigenvalue weighted by Crippen LogP contribution is -2.49. The molecule has 0 aromatic carbocycles. The van der Waals surface area contributed by atoms with Crippen LogP contribution in [0.5, 0.6) is 0 Å². The van der Waals surface area contributed by atoms with Crippen LogP contribution in [-0.2, 0) is 6.54 Å². The van der Waals surface area contributed by atoms with Crippen LogP contribution in [0.3, 0.4) is 0 Å². The maximum atomic E-state index is 5.76. The van der Waals surface area contributed by atoms with Crippen LogP contribution < -0.4 is 0 Å². The molecule has 84 valence electrons. The minimum absolute atomic E-state index is 0.534. The highest BCUT2D eigenvalue weighted by atomic mass is 35.5. The number of piperazine rings is 1. The second-order valence-corrected chi connectivity index (χ2v) is 5.67. The van der Waals surface area contributed by atoms with Crippen LogP contribution in [-0.4, -0.2) is 52.7 Å². The summed E-state index contributed by atoms with van der Waals surface area (Å²) in [4.78, 5) is 4.78. The van der Waals surface area contributed by atoms with Crippen molar-refractivity contribution in [2.45, 2.75) is 19.5 Å². The largest absolute Gasteiger partial charge is 0.304 e. The van der Waals surface area contributed by atoms with Gasteiger partial charge in [0.2, 0.25) is 4.47 Å². The Balaban J connectivity index is 1.94. The van der Waals surface area contributed by atoms with Gasteiger partial charge in [-0.3, -0.25) is 4.90 Å². The van der Waals surface area contributed by atoms with E-state index < -0.39 is 0 Å². The number of likely N-dealkylation sites (N-methyl/N-ethyl adjacent to an activating group) is 1. The van der Waals surface area contributed by atoms with Crippen LogP contribution in [0.1, 0.15) is 11.9 Å². The molecule has 15 heavy (non-hydrogen) atoms. The first kappa shape index (κ1) is 11.3. The lowest BCUT2D eigenvalue weighted by molar-refractivity contribution is 0.0936. The summed E-state index contributed by atoms with van der Waals surface area (Å²) in [5, 5.41) is 8.87. The van der Waals surface area contributed by atoms with Crippen molar-refractivity contribution in [3.63, 3.8) is 0 Å². The summed E-state index contributed by atoms with van der Waals surface area (Å²) in [6, 6.07) is 0.575. The molecule has 2 rings (SSSR count). The number of nitrogens with zero attached hydrogens (tertiary/aromatic N) is 4. The van der Waals surface area contributed by atoms with E-state index in [9.17, 15) is 0 Å². The van der Waals surface area contributed by atoms with E-state index in [0.717, 1.165) is 31.2 Å². The summed E-state index contributed by atoms with van der Waals surface area (Å²) in [5.41, 5.74) is 0. The molecule has 1 unspecified atom stereocenters. The number of hydrogen-bond acceptors (Lipinski definition) is 5. The predicted octanol–water partition coefficient (Wildman–Crippen LogP) is 1.33. The summed E-state index contributed by atoms with van der Waals surface area (Å²) in [5.74, 6) is 0. The molecule has 2 heterocycles. The Morgan fingerprint density at radius 2 is 2.27 bits per heavy atom. The van der Waals surface area contributed by atoms with Crippen molar-refractivity contribution in [3.05, 3.63) is 9.47 Å². The van der Waals surface area contributed by atoms with Crippen molar-refractivity contribution in [1.82, 2.24) is 20.0 Å². The van der Waals surface area contributed by atoms with Crippen LogP contribution in [0.4, 0.5) is 0 Å². The molecule has 0 N–H and O–H groups in total. The third-order valence-corrected chi connectivity index (χ3v) is 3.75. The van der Waals surface area contributed by atoms with Gasteiger partial charge in [0.15, 0.2) is 0 Å². The van der Waals surface area contributed by atoms with Gasteiger partial charge in [0.1, 0.15) is 5.01 Å². The molecule has 1 aromatic heterocycles. The zero-order valence-corrected chi connectivity index (χ0v) is 10.6. The van der Waals surface area contributed by atoms with Crippen LogP contribution >= 0.6 is 22.9 Å². The fourth-order valence-electron chi connectivity index (χ4n) is 1.88. The average molecular weight is 247 g/mol. The minimum atomic E-state index is 0.534. The zero-order valence-electron chi connectivity index (χ0n) is 8.98. The monoisotopic (exact) mass is 246 g/mol. The van der Waals surface area contributed by atoms with Gasteiger partial charge in [0.05, 0.1) is 6.54 Å². The molecule has 1 aromatic rings. The molecule has 1 aliphatic heterocycles. The Morgan fingerprint density at radius 1 is 1.47 bits per heavy atom. The normalized spacial score (nSPS) is 24.6. The lowest BCUT2D eigenvalue weighted by atomic mass is 10.2. The molecule has 1 fully saturated rings. The highest BCUT2D eigenvalue weighted by molar-refractivity contribution is 7.15. The average Bonchev–Trinajstić information content (AvgIpc) is 2.56. The van der Waals surface area contributed by atoms with E-state index >= 15 is 0 Å². The number of rotatable bonds is 2. The van der Waals surface area contributed by atoms with Gasteiger partial charge in [-0.1, -0.05) is 11.3 Å². The number of halogens is 1. The number of aromatic nitrogens is 2. The summed E-state index contributed by atoms with van der Waals surface area (Å²) >= 11 is 7.23. The molecule has 0 spiro atoms. The number of hydrogen-bond donors (Lipinski definition) is 0. The Labute approximate surface area is 98.9 Å². The summed E-state index contributed by atoms with van der Waals surface area (Å²) < 4.78 is 0.534. The maximum absolute atomic E-state index is 5.76. The molecule has 1 aliphatic rings. The second kappa shape index (κ2) is 4.74. The SMILES string of the molecule is CC1CN(C)CCN1Cc1nnc(Cl)s1. The highest BCUT2D eigenvalue weighted by Crippen LogP contribution is 2.18. The van der Waals surface area contributed by atoms with E-state index in [1.165, 1.54) is 11.3 Å². The van der Waals surface area contributed by atoms with Gasteiger partial charge in [-0.15, -0.1) is 10.2 Å². The van der Waals surface area contributed by atoms with Crippen molar-refractivity contribution < 1.29 is 0 Å². The minimum Gasteiger partial charge on any atom is -0.304 e. The van der Waals surface area contributed by atoms with Gasteiger partial charge in [-0.25, -0.2) is 0 Å². The second-order valence-electron chi connectivity index (χ2n) is 4.03. The molecule has 0 saturated carbocycles. The van der Waals surface area contributed by atoms with E-state index in [1.807, 2.05) is 0 Å². The summed E-state index contributed by atoms with van der Waals surface area (Å²) in [7, 11) is 2.16. The van der Waals surface area contributed by atoms with Crippen LogP contribution in [0.2, 0.25) is 4.47 Å². The molecule has 0 bridgehead atoms. The van der Waals surface area contributed by atoms with Gasteiger partial charge in [0, 0.05) is 25.7 Å². The van der Waals surface area contributed by atoms with Crippen molar-refractivity contribution in [3.8, 4) is 0 Å². The third kappa shape index (κ3) is 2.87. The van der Waals surface area contributed by atoms with Crippen LogP contribution in [0.25, 0.3) is 0 Å². The Hall–Kier alpha value is -0.230. The molecular formula is C9H15ClN4S. The van der Waals surface area contributed by atoms with E-state index in [1.54, 1.807) is 0 Å². The lowest BCUT2D eigenvalue weighted by Gasteiger charge is -2.37. The molecule has 0 aliphatic carbocycles. The highest BCUT2D eigenvalue weighted by Gasteiger charge is 2.22. The van der Waals surface area contributed by atoms with E-state index in [-0.39, 0.29) is 0 Å². The van der Waals surface area contributed by atoms with Crippen molar-refractivity contribution in [2.24, 2.45) is 0 Å². The smallest absolute Gasteiger partial charge is 0.207 e. The quantitative estimate of drug-likeness (QED) is 0.788. The fraction of sp³-hybridized carbons (Fsp3) is 0.778. The maximum Gasteiger partial charge on any atom is 0.207 e. The topological polar surface area (TPSA) is 32.3 Å². The Kier molecular flexibility index (Phi) is 3.56. The first-order valence-corrected chi connectivity index (χ1v) is 6.25. The molecule has 6 heteroatoms. The van der Waals surface area contributed by atoms with Crippen molar-refractivity contribution in [2.75, 3.05) is 26.7 Å². The van der Waals surface area contributed by atoms with E-state index in [4.69, 9.17) is 11.6 Å². The van der Waals surface area contributed by atoms with E-state index in [2.05, 4.69) is 34.0 Å². The molecule has 0 radical (unpaired) electrons. The van der Waals surface area contributed by atoms with Gasteiger partial charge in [-0.2, -0.15) is 0 Å². The zero-order chi connectivity index (χ0) is 10.8. The van der Waals surface area contributed by atoms with Gasteiger partial charge in [-0.05, 0) is 25.6 Å². The first-order chi connectivity index (χ1) is 7.15. The standard InChI is InChI=1S/C9H15ClN4S/c1-7-5-13(2)3-4-14(7)6-8-11-12-9(10)15-8/h7H,3-6H2,1-2H3. The van der Waals surface area contributed by atoms with Gasteiger partial charge >= 0.3 is 0 Å². The Bertz CT molecular complexity index is 330. The third-order valence-electron chi connectivity index (χ3n) is 2.75. The van der Waals surface area contributed by atoms with Crippen LogP contribution in [0.15, 0.2) is 0 Å². The van der Waals surface area contributed by atoms with Crippen molar-refractivity contribution in [1.29, 1.82) is 0 Å². The first-order valence-electron chi connectivity index (χ1n) is 5.05. The predicted molar refractivity (Wildman–Crippen MR) is 62.3 cm³/mol. The van der Waals surface area contributed by atoms with Crippen LogP contribution in [0, 0.1) is 0 Å². The molecule has 0 amide bonds. The molecule has 4 nitrogen and oxygen atoms in total.